The van der Waals surface area contributed by atoms with E-state index in [0.717, 1.165) is 28.6 Å². The number of nitrogens with zero attached hydrogens (tertiary/aromatic N) is 1. The molecule has 0 aliphatic heterocycles. The predicted molar refractivity (Wildman–Crippen MR) is 84.9 cm³/mol. The maximum Gasteiger partial charge on any atom is 0.260 e. The Hall–Kier alpha value is -1.59. The Morgan fingerprint density at radius 2 is 2.15 bits per heavy atom. The first kappa shape index (κ1) is 12.2. The molecule has 5 heteroatoms. The van der Waals surface area contributed by atoms with Crippen LogP contribution in [0.3, 0.4) is 0 Å². The summed E-state index contributed by atoms with van der Waals surface area (Å²) < 4.78 is 0. The molecule has 0 fully saturated rings. The summed E-state index contributed by atoms with van der Waals surface area (Å²) >= 11 is 3.13. The summed E-state index contributed by atoms with van der Waals surface area (Å²) in [7, 11) is 0. The van der Waals surface area contributed by atoms with Crippen LogP contribution in [0.15, 0.2) is 34.2 Å². The van der Waals surface area contributed by atoms with Crippen molar-refractivity contribution in [1.82, 2.24) is 9.97 Å². The van der Waals surface area contributed by atoms with Crippen molar-refractivity contribution in [1.29, 1.82) is 0 Å². The van der Waals surface area contributed by atoms with Crippen molar-refractivity contribution in [3.8, 4) is 11.1 Å². The van der Waals surface area contributed by atoms with Gasteiger partial charge in [-0.1, -0.05) is 36.0 Å². The molecule has 3 aromatic rings. The number of rotatable bonds is 1. The van der Waals surface area contributed by atoms with Gasteiger partial charge in [0.05, 0.1) is 5.39 Å². The van der Waals surface area contributed by atoms with Gasteiger partial charge in [-0.2, -0.15) is 0 Å². The molecule has 2 aromatic heterocycles. The summed E-state index contributed by atoms with van der Waals surface area (Å²) in [5.74, 6) is 0. The highest BCUT2D eigenvalue weighted by molar-refractivity contribution is 7.98. The number of H-pyrrole nitrogens is 1. The molecule has 2 heterocycles. The van der Waals surface area contributed by atoms with Gasteiger partial charge in [-0.25, -0.2) is 4.98 Å². The Balaban J connectivity index is 2.12. The molecule has 1 aliphatic rings. The van der Waals surface area contributed by atoms with Gasteiger partial charge in [0.1, 0.15) is 4.83 Å². The van der Waals surface area contributed by atoms with Crippen molar-refractivity contribution in [2.45, 2.75) is 18.0 Å². The van der Waals surface area contributed by atoms with E-state index in [4.69, 9.17) is 0 Å². The lowest BCUT2D eigenvalue weighted by atomic mass is 9.89. The summed E-state index contributed by atoms with van der Waals surface area (Å²) in [6, 6.07) is 8.36. The topological polar surface area (TPSA) is 45.8 Å². The Morgan fingerprint density at radius 3 is 3.00 bits per heavy atom. The van der Waals surface area contributed by atoms with Crippen LogP contribution in [-0.2, 0) is 12.8 Å². The zero-order chi connectivity index (χ0) is 13.7. The largest absolute Gasteiger partial charge is 0.301 e. The van der Waals surface area contributed by atoms with E-state index in [1.165, 1.54) is 27.8 Å². The fourth-order valence-electron chi connectivity index (χ4n) is 2.82. The number of fused-ring (bicyclic) bond motifs is 5. The number of nitrogens with one attached hydrogen (secondary N) is 1. The van der Waals surface area contributed by atoms with Crippen LogP contribution in [0.1, 0.15) is 10.4 Å². The van der Waals surface area contributed by atoms with Gasteiger partial charge in [0.25, 0.3) is 5.56 Å². The summed E-state index contributed by atoms with van der Waals surface area (Å²) in [5, 5.41) is 1.45. The lowest BCUT2D eigenvalue weighted by Crippen LogP contribution is -2.10. The number of aryl methyl sites for hydroxylation is 2. The second kappa shape index (κ2) is 4.46. The minimum Gasteiger partial charge on any atom is -0.301 e. The van der Waals surface area contributed by atoms with Crippen LogP contribution < -0.4 is 5.56 Å². The van der Waals surface area contributed by atoms with Gasteiger partial charge >= 0.3 is 0 Å². The Kier molecular flexibility index (Phi) is 2.72. The number of hydrogen-bond donors (Lipinski definition) is 1. The van der Waals surface area contributed by atoms with Crippen molar-refractivity contribution in [2.75, 3.05) is 6.26 Å². The smallest absolute Gasteiger partial charge is 0.260 e. The van der Waals surface area contributed by atoms with Crippen LogP contribution in [0.2, 0.25) is 0 Å². The second-order valence-corrected chi connectivity index (χ2v) is 6.69. The van der Waals surface area contributed by atoms with E-state index in [0.29, 0.717) is 5.16 Å². The van der Waals surface area contributed by atoms with Crippen LogP contribution in [0.4, 0.5) is 0 Å². The van der Waals surface area contributed by atoms with Gasteiger partial charge in [0.2, 0.25) is 0 Å². The van der Waals surface area contributed by atoms with Crippen molar-refractivity contribution >= 4 is 33.3 Å². The predicted octanol–water partition coefficient (Wildman–Crippen LogP) is 3.47. The maximum atomic E-state index is 12.4. The fourth-order valence-corrected chi connectivity index (χ4v) is 4.44. The third kappa shape index (κ3) is 1.66. The lowest BCUT2D eigenvalue weighted by molar-refractivity contribution is 0.962. The Labute approximate surface area is 124 Å². The number of thiophene rings is 1. The third-order valence-corrected chi connectivity index (χ3v) is 5.44. The van der Waals surface area contributed by atoms with Crippen LogP contribution >= 0.6 is 23.1 Å². The minimum atomic E-state index is -0.0199. The van der Waals surface area contributed by atoms with Crippen LogP contribution in [0.5, 0.6) is 0 Å². The summed E-state index contributed by atoms with van der Waals surface area (Å²) in [4.78, 5) is 22.0. The van der Waals surface area contributed by atoms with Gasteiger partial charge in [0, 0.05) is 10.4 Å². The Morgan fingerprint density at radius 1 is 1.30 bits per heavy atom. The molecule has 1 aliphatic carbocycles. The molecule has 1 aromatic carbocycles. The van der Waals surface area contributed by atoms with Crippen molar-refractivity contribution in [3.63, 3.8) is 0 Å². The number of aromatic nitrogens is 2. The zero-order valence-corrected chi connectivity index (χ0v) is 12.5. The van der Waals surface area contributed by atoms with E-state index in [1.54, 1.807) is 11.3 Å². The molecular formula is C15H12N2OS2. The normalized spacial score (nSPS) is 13.2. The van der Waals surface area contributed by atoms with Gasteiger partial charge in [0.15, 0.2) is 5.16 Å². The van der Waals surface area contributed by atoms with E-state index in [1.807, 2.05) is 12.3 Å². The average Bonchev–Trinajstić information content (AvgIpc) is 2.86. The molecule has 0 atom stereocenters. The van der Waals surface area contributed by atoms with Gasteiger partial charge in [-0.3, -0.25) is 4.79 Å². The molecule has 0 amide bonds. The molecule has 100 valence electrons. The molecule has 0 spiro atoms. The van der Waals surface area contributed by atoms with E-state index in [2.05, 4.69) is 28.2 Å². The second-order valence-electron chi connectivity index (χ2n) is 4.81. The zero-order valence-electron chi connectivity index (χ0n) is 10.9. The summed E-state index contributed by atoms with van der Waals surface area (Å²) in [6.45, 7) is 0. The van der Waals surface area contributed by atoms with Crippen molar-refractivity contribution in [2.24, 2.45) is 0 Å². The van der Waals surface area contributed by atoms with Crippen molar-refractivity contribution < 1.29 is 0 Å². The van der Waals surface area contributed by atoms with Crippen LogP contribution in [0, 0.1) is 0 Å². The minimum absolute atomic E-state index is 0.0199. The average molecular weight is 300 g/mol. The van der Waals surface area contributed by atoms with Gasteiger partial charge < -0.3 is 4.98 Å². The van der Waals surface area contributed by atoms with E-state index < -0.39 is 0 Å². The fraction of sp³-hybridized carbons (Fsp3) is 0.200. The maximum absolute atomic E-state index is 12.4. The molecule has 20 heavy (non-hydrogen) atoms. The molecule has 0 saturated carbocycles. The number of thioether (sulfide) groups is 1. The summed E-state index contributed by atoms with van der Waals surface area (Å²) in [6.07, 6.45) is 3.97. The lowest BCUT2D eigenvalue weighted by Gasteiger charge is -2.15. The number of benzene rings is 1. The highest BCUT2D eigenvalue weighted by Gasteiger charge is 2.23. The van der Waals surface area contributed by atoms with Crippen LogP contribution in [-0.4, -0.2) is 16.2 Å². The van der Waals surface area contributed by atoms with E-state index in [9.17, 15) is 4.79 Å². The quantitative estimate of drug-likeness (QED) is 0.553. The molecular weight excluding hydrogens is 288 g/mol. The molecule has 0 unspecified atom stereocenters. The number of hydrogen-bond acceptors (Lipinski definition) is 4. The molecule has 0 saturated heterocycles. The first-order chi connectivity index (χ1) is 9.78. The first-order valence-electron chi connectivity index (χ1n) is 6.46. The monoisotopic (exact) mass is 300 g/mol. The van der Waals surface area contributed by atoms with Crippen LogP contribution in [0.25, 0.3) is 21.3 Å². The first-order valence-corrected chi connectivity index (χ1v) is 8.50. The highest BCUT2D eigenvalue weighted by atomic mass is 32.2. The number of aromatic amines is 1. The Bertz CT molecular complexity index is 879. The van der Waals surface area contributed by atoms with E-state index in [-0.39, 0.29) is 5.56 Å². The molecule has 1 N–H and O–H groups in total. The molecule has 4 rings (SSSR count). The van der Waals surface area contributed by atoms with Gasteiger partial charge in [-0.05, 0) is 30.2 Å². The van der Waals surface area contributed by atoms with Gasteiger partial charge in [-0.15, -0.1) is 11.3 Å². The molecule has 3 nitrogen and oxygen atoms in total. The standard InChI is InChI=1S/C15H12N2OS2/c1-19-15-16-13(18)12-11-9-5-3-2-4-8(9)6-7-10(11)20-14(12)17-15/h2-5H,6-7H2,1H3,(H,16,17,18). The highest BCUT2D eigenvalue weighted by Crippen LogP contribution is 2.41. The van der Waals surface area contributed by atoms with E-state index >= 15 is 0 Å². The van der Waals surface area contributed by atoms with Crippen molar-refractivity contribution in [3.05, 3.63) is 45.1 Å². The summed E-state index contributed by atoms with van der Waals surface area (Å²) in [5.41, 5.74) is 3.61. The third-order valence-electron chi connectivity index (χ3n) is 3.71. The molecule has 0 bridgehead atoms. The molecule has 0 radical (unpaired) electrons. The SMILES string of the molecule is CSc1nc2sc3c(c2c(=O)[nH]1)-c1ccccc1CC3.